The number of aromatic nitrogens is 1. The van der Waals surface area contributed by atoms with E-state index in [2.05, 4.69) is 10.3 Å². The summed E-state index contributed by atoms with van der Waals surface area (Å²) in [6.45, 7) is 2.36. The van der Waals surface area contributed by atoms with Gasteiger partial charge in [-0.3, -0.25) is 14.5 Å². The zero-order valence-corrected chi connectivity index (χ0v) is 12.7. The molecule has 1 fully saturated rings. The minimum Gasteiger partial charge on any atom is -0.369 e. The zero-order chi connectivity index (χ0) is 15.2. The summed E-state index contributed by atoms with van der Waals surface area (Å²) in [6, 6.07) is 0.126. The molecule has 1 aromatic heterocycles. The number of nitrogens with one attached hydrogen (secondary N) is 1. The maximum atomic E-state index is 12.1. The highest BCUT2D eigenvalue weighted by molar-refractivity contribution is 7.09. The Bertz CT molecular complexity index is 497. The molecule has 1 saturated heterocycles. The lowest BCUT2D eigenvalue weighted by Gasteiger charge is -2.31. The van der Waals surface area contributed by atoms with Crippen LogP contribution in [0.15, 0.2) is 5.38 Å². The Balaban J connectivity index is 1.79. The van der Waals surface area contributed by atoms with Gasteiger partial charge in [-0.1, -0.05) is 0 Å². The normalized spacial score (nSPS) is 16.8. The molecular formula is C13H21N5O2S. The molecular weight excluding hydrogens is 290 g/mol. The van der Waals surface area contributed by atoms with Gasteiger partial charge < -0.3 is 16.8 Å². The maximum Gasteiger partial charge on any atom is 0.270 e. The van der Waals surface area contributed by atoms with E-state index in [1.807, 2.05) is 4.90 Å². The second-order valence-electron chi connectivity index (χ2n) is 5.16. The average Bonchev–Trinajstić information content (AvgIpc) is 2.89. The van der Waals surface area contributed by atoms with Gasteiger partial charge in [0.15, 0.2) is 0 Å². The van der Waals surface area contributed by atoms with Gasteiger partial charge >= 0.3 is 0 Å². The predicted molar refractivity (Wildman–Crippen MR) is 81.0 cm³/mol. The molecule has 0 bridgehead atoms. The third-order valence-electron chi connectivity index (χ3n) is 3.44. The van der Waals surface area contributed by atoms with Crippen LogP contribution < -0.4 is 16.8 Å². The SMILES string of the molecule is NCCc1nc(C(=O)NC2CCN(CC(N)=O)CC2)cs1. The second kappa shape index (κ2) is 7.48. The summed E-state index contributed by atoms with van der Waals surface area (Å²) >= 11 is 1.46. The van der Waals surface area contributed by atoms with Crippen molar-refractivity contribution in [2.45, 2.75) is 25.3 Å². The number of carbonyl (C=O) groups is 2. The summed E-state index contributed by atoms with van der Waals surface area (Å²) in [5, 5.41) is 5.65. The van der Waals surface area contributed by atoms with E-state index in [9.17, 15) is 9.59 Å². The first-order valence-electron chi connectivity index (χ1n) is 7.04. The minimum absolute atomic E-state index is 0.126. The first-order chi connectivity index (χ1) is 10.1. The Morgan fingerprint density at radius 1 is 1.43 bits per heavy atom. The first kappa shape index (κ1) is 15.9. The van der Waals surface area contributed by atoms with Crippen LogP contribution in [-0.2, 0) is 11.2 Å². The molecule has 0 aliphatic carbocycles. The van der Waals surface area contributed by atoms with Crippen molar-refractivity contribution in [2.75, 3.05) is 26.2 Å². The molecule has 1 aliphatic rings. The highest BCUT2D eigenvalue weighted by Crippen LogP contribution is 2.13. The third-order valence-corrected chi connectivity index (χ3v) is 4.35. The molecule has 0 spiro atoms. The number of amides is 2. The topological polar surface area (TPSA) is 114 Å². The molecule has 0 radical (unpaired) electrons. The summed E-state index contributed by atoms with van der Waals surface area (Å²) in [7, 11) is 0. The van der Waals surface area contributed by atoms with Gasteiger partial charge in [0.05, 0.1) is 11.6 Å². The summed E-state index contributed by atoms with van der Waals surface area (Å²) in [5.74, 6) is -0.449. The van der Waals surface area contributed by atoms with E-state index in [1.165, 1.54) is 11.3 Å². The van der Waals surface area contributed by atoms with Crippen molar-refractivity contribution in [3.8, 4) is 0 Å². The van der Waals surface area contributed by atoms with Crippen LogP contribution in [0.2, 0.25) is 0 Å². The molecule has 116 valence electrons. The number of likely N-dealkylation sites (tertiary alicyclic amines) is 1. The van der Waals surface area contributed by atoms with Crippen molar-refractivity contribution in [1.82, 2.24) is 15.2 Å². The molecule has 0 unspecified atom stereocenters. The number of nitrogens with two attached hydrogens (primary N) is 2. The van der Waals surface area contributed by atoms with Crippen LogP contribution in [-0.4, -0.2) is 53.9 Å². The van der Waals surface area contributed by atoms with E-state index in [0.717, 1.165) is 30.9 Å². The van der Waals surface area contributed by atoms with Gasteiger partial charge in [-0.2, -0.15) is 0 Å². The van der Waals surface area contributed by atoms with E-state index < -0.39 is 0 Å². The molecule has 5 N–H and O–H groups in total. The van der Waals surface area contributed by atoms with Gasteiger partial charge in [-0.05, 0) is 19.4 Å². The summed E-state index contributed by atoms with van der Waals surface area (Å²) in [6.07, 6.45) is 2.33. The lowest BCUT2D eigenvalue weighted by atomic mass is 10.0. The van der Waals surface area contributed by atoms with E-state index in [-0.39, 0.29) is 24.4 Å². The van der Waals surface area contributed by atoms with Crippen LogP contribution in [0.3, 0.4) is 0 Å². The molecule has 1 aromatic rings. The summed E-state index contributed by atoms with van der Waals surface area (Å²) < 4.78 is 0. The van der Waals surface area contributed by atoms with Crippen LogP contribution in [0.25, 0.3) is 0 Å². The molecule has 2 rings (SSSR count). The van der Waals surface area contributed by atoms with Crippen LogP contribution >= 0.6 is 11.3 Å². The Kier molecular flexibility index (Phi) is 5.66. The molecule has 2 heterocycles. The van der Waals surface area contributed by atoms with Gasteiger partial charge in [0.2, 0.25) is 5.91 Å². The number of thiazole rings is 1. The van der Waals surface area contributed by atoms with Gasteiger partial charge in [0.25, 0.3) is 5.91 Å². The Morgan fingerprint density at radius 3 is 2.76 bits per heavy atom. The fraction of sp³-hybridized carbons (Fsp3) is 0.615. The molecule has 21 heavy (non-hydrogen) atoms. The maximum absolute atomic E-state index is 12.1. The molecule has 0 aromatic carbocycles. The van der Waals surface area contributed by atoms with Crippen molar-refractivity contribution < 1.29 is 9.59 Å². The monoisotopic (exact) mass is 311 g/mol. The molecule has 0 atom stereocenters. The number of piperidine rings is 1. The number of primary amides is 1. The van der Waals surface area contributed by atoms with Crippen LogP contribution in [0.1, 0.15) is 28.3 Å². The van der Waals surface area contributed by atoms with Gasteiger partial charge in [-0.25, -0.2) is 4.98 Å². The molecule has 0 saturated carbocycles. The van der Waals surface area contributed by atoms with E-state index in [4.69, 9.17) is 11.5 Å². The van der Waals surface area contributed by atoms with Crippen LogP contribution in [0.4, 0.5) is 0 Å². The Morgan fingerprint density at radius 2 is 2.14 bits per heavy atom. The fourth-order valence-electron chi connectivity index (χ4n) is 2.37. The van der Waals surface area contributed by atoms with Crippen molar-refractivity contribution in [3.63, 3.8) is 0 Å². The van der Waals surface area contributed by atoms with Crippen molar-refractivity contribution in [3.05, 3.63) is 16.1 Å². The van der Waals surface area contributed by atoms with Crippen LogP contribution in [0, 0.1) is 0 Å². The molecule has 8 heteroatoms. The molecule has 1 aliphatic heterocycles. The largest absolute Gasteiger partial charge is 0.369 e. The Hall–Kier alpha value is -1.51. The van der Waals surface area contributed by atoms with E-state index in [1.54, 1.807) is 5.38 Å². The third kappa shape index (κ3) is 4.76. The number of carbonyl (C=O) groups excluding carboxylic acids is 2. The van der Waals surface area contributed by atoms with Crippen molar-refractivity contribution in [1.29, 1.82) is 0 Å². The van der Waals surface area contributed by atoms with Crippen molar-refractivity contribution in [2.24, 2.45) is 11.5 Å². The fourth-order valence-corrected chi connectivity index (χ4v) is 3.16. The highest BCUT2D eigenvalue weighted by atomic mass is 32.1. The standard InChI is InChI=1S/C13H21N5O2S/c14-4-1-12-17-10(8-21-12)13(20)16-9-2-5-18(6-3-9)7-11(15)19/h8-9H,1-7,14H2,(H2,15,19)(H,16,20). The quantitative estimate of drug-likeness (QED) is 0.644. The molecule has 2 amide bonds. The summed E-state index contributed by atoms with van der Waals surface area (Å²) in [5.41, 5.74) is 11.1. The smallest absolute Gasteiger partial charge is 0.270 e. The lowest BCUT2D eigenvalue weighted by Crippen LogP contribution is -2.46. The van der Waals surface area contributed by atoms with Crippen LogP contribution in [0.5, 0.6) is 0 Å². The zero-order valence-electron chi connectivity index (χ0n) is 11.9. The van der Waals surface area contributed by atoms with Gasteiger partial charge in [0, 0.05) is 30.9 Å². The first-order valence-corrected chi connectivity index (χ1v) is 7.92. The van der Waals surface area contributed by atoms with Crippen molar-refractivity contribution >= 4 is 23.2 Å². The minimum atomic E-state index is -0.313. The average molecular weight is 311 g/mol. The second-order valence-corrected chi connectivity index (χ2v) is 6.10. The predicted octanol–water partition coefficient (Wildman–Crippen LogP) is -0.676. The number of hydrogen-bond donors (Lipinski definition) is 3. The number of nitrogens with zero attached hydrogens (tertiary/aromatic N) is 2. The summed E-state index contributed by atoms with van der Waals surface area (Å²) in [4.78, 5) is 29.2. The van der Waals surface area contributed by atoms with Gasteiger partial charge in [-0.15, -0.1) is 11.3 Å². The Labute approximate surface area is 127 Å². The lowest BCUT2D eigenvalue weighted by molar-refractivity contribution is -0.119. The number of rotatable bonds is 6. The van der Waals surface area contributed by atoms with Gasteiger partial charge in [0.1, 0.15) is 5.69 Å². The number of hydrogen-bond acceptors (Lipinski definition) is 6. The van der Waals surface area contributed by atoms with E-state index >= 15 is 0 Å². The molecule has 7 nitrogen and oxygen atoms in total. The van der Waals surface area contributed by atoms with E-state index in [0.29, 0.717) is 18.7 Å². The highest BCUT2D eigenvalue weighted by Gasteiger charge is 2.22.